The Balaban J connectivity index is 2.16. The van der Waals surface area contributed by atoms with Crippen molar-refractivity contribution in [3.63, 3.8) is 0 Å². The Morgan fingerprint density at radius 3 is 1.88 bits per heavy atom. The normalized spacial score (nSPS) is 16.2. The van der Waals surface area contributed by atoms with E-state index in [9.17, 15) is 32.3 Å². The first-order valence-corrected chi connectivity index (χ1v) is 14.9. The van der Waals surface area contributed by atoms with Gasteiger partial charge in [-0.1, -0.05) is 62.4 Å². The molecule has 13 heteroatoms. The van der Waals surface area contributed by atoms with Crippen LogP contribution in [0.3, 0.4) is 0 Å². The molecule has 0 aromatic heterocycles. The van der Waals surface area contributed by atoms with Crippen LogP contribution in [0, 0.1) is 5.92 Å². The Morgan fingerprint density at radius 1 is 0.875 bits per heavy atom. The lowest BCUT2D eigenvalue weighted by atomic mass is 9.87. The van der Waals surface area contributed by atoms with E-state index < -0.39 is 53.7 Å². The van der Waals surface area contributed by atoms with Gasteiger partial charge in [-0.15, -0.1) is 0 Å². The zero-order valence-corrected chi connectivity index (χ0v) is 27.3. The standard InChI is InChI=1S/C35H36F3N3O7/c1-21(2)29-32(44)41(34(39-22(3)42,33(45)35(36,37)38)19-23-13-9-7-10-14-23)26(20-40(29)31(43)24-15-11-8-12-16-24)25-17-27(46-4)30(48-6)28(18-25)47-5/h7-18,20-21,29H,19H2,1-6H3,(H,39,42). The van der Waals surface area contributed by atoms with Crippen molar-refractivity contribution in [1.82, 2.24) is 15.1 Å². The number of hydrogen-bond acceptors (Lipinski definition) is 7. The minimum Gasteiger partial charge on any atom is -0.493 e. The minimum atomic E-state index is -5.53. The summed E-state index contributed by atoms with van der Waals surface area (Å²) in [5.41, 5.74) is -2.92. The highest BCUT2D eigenvalue weighted by molar-refractivity contribution is 6.07. The zero-order valence-electron chi connectivity index (χ0n) is 27.3. The molecular weight excluding hydrogens is 631 g/mol. The number of alkyl halides is 3. The SMILES string of the molecule is COc1cc(C2=CN(C(=O)c3ccccc3)C(C(C)C)C(=O)N2C(Cc2ccccc2)(NC(C)=O)C(=O)C(F)(F)F)cc(OC)c1OC. The summed E-state index contributed by atoms with van der Waals surface area (Å²) in [4.78, 5) is 57.3. The second-order valence-electron chi connectivity index (χ2n) is 11.4. The van der Waals surface area contributed by atoms with Crippen molar-refractivity contribution in [2.24, 2.45) is 5.92 Å². The van der Waals surface area contributed by atoms with E-state index in [0.29, 0.717) is 4.90 Å². The van der Waals surface area contributed by atoms with Crippen molar-refractivity contribution in [3.05, 3.63) is 95.7 Å². The molecule has 0 fully saturated rings. The Morgan fingerprint density at radius 2 is 1.42 bits per heavy atom. The maximum Gasteiger partial charge on any atom is 0.454 e. The Hall–Kier alpha value is -5.33. The number of ether oxygens (including phenoxy) is 3. The van der Waals surface area contributed by atoms with Gasteiger partial charge in [0.05, 0.1) is 27.0 Å². The van der Waals surface area contributed by atoms with E-state index in [1.54, 1.807) is 50.2 Å². The van der Waals surface area contributed by atoms with Crippen molar-refractivity contribution < 1.29 is 46.6 Å². The maximum atomic E-state index is 14.9. The molecule has 0 radical (unpaired) electrons. The van der Waals surface area contributed by atoms with Crippen LogP contribution in [0.4, 0.5) is 13.2 Å². The van der Waals surface area contributed by atoms with Gasteiger partial charge >= 0.3 is 6.18 Å². The summed E-state index contributed by atoms with van der Waals surface area (Å²) in [7, 11) is 4.00. The topological polar surface area (TPSA) is 114 Å². The van der Waals surface area contributed by atoms with Crippen molar-refractivity contribution in [2.45, 2.75) is 45.1 Å². The monoisotopic (exact) mass is 667 g/mol. The molecule has 48 heavy (non-hydrogen) atoms. The van der Waals surface area contributed by atoms with Crippen LogP contribution in [0.15, 0.2) is 79.0 Å². The fraction of sp³-hybridized carbons (Fsp3) is 0.314. The molecule has 3 aromatic rings. The highest BCUT2D eigenvalue weighted by atomic mass is 19.4. The molecule has 1 aliphatic rings. The van der Waals surface area contributed by atoms with Crippen LogP contribution in [-0.4, -0.2) is 72.5 Å². The molecule has 1 aliphatic heterocycles. The highest BCUT2D eigenvalue weighted by Gasteiger charge is 2.61. The van der Waals surface area contributed by atoms with Crippen LogP contribution < -0.4 is 19.5 Å². The first-order valence-electron chi connectivity index (χ1n) is 14.9. The minimum absolute atomic E-state index is 0.0173. The van der Waals surface area contributed by atoms with Gasteiger partial charge in [0.15, 0.2) is 17.2 Å². The number of benzene rings is 3. The van der Waals surface area contributed by atoms with E-state index in [1.807, 2.05) is 0 Å². The van der Waals surface area contributed by atoms with Crippen molar-refractivity contribution in [2.75, 3.05) is 21.3 Å². The molecule has 0 bridgehead atoms. The van der Waals surface area contributed by atoms with Gasteiger partial charge in [-0.2, -0.15) is 13.2 Å². The lowest BCUT2D eigenvalue weighted by molar-refractivity contribution is -0.187. The summed E-state index contributed by atoms with van der Waals surface area (Å²) in [5.74, 6) is -5.46. The van der Waals surface area contributed by atoms with Crippen LogP contribution in [0.1, 0.15) is 42.3 Å². The van der Waals surface area contributed by atoms with Crippen molar-refractivity contribution in [3.8, 4) is 17.2 Å². The molecule has 0 saturated carbocycles. The van der Waals surface area contributed by atoms with Gasteiger partial charge in [0.1, 0.15) is 6.04 Å². The molecule has 10 nitrogen and oxygen atoms in total. The second-order valence-corrected chi connectivity index (χ2v) is 11.4. The predicted octanol–water partition coefficient (Wildman–Crippen LogP) is 5.23. The van der Waals surface area contributed by atoms with E-state index in [0.717, 1.165) is 11.8 Å². The molecule has 0 saturated heterocycles. The number of carbonyl (C=O) groups excluding carboxylic acids is 4. The molecule has 2 unspecified atom stereocenters. The lowest BCUT2D eigenvalue weighted by Crippen LogP contribution is -2.73. The van der Waals surface area contributed by atoms with Crippen LogP contribution >= 0.6 is 0 Å². The third-order valence-electron chi connectivity index (χ3n) is 7.82. The number of nitrogens with zero attached hydrogens (tertiary/aromatic N) is 2. The lowest BCUT2D eigenvalue weighted by Gasteiger charge is -2.49. The second kappa shape index (κ2) is 14.2. The van der Waals surface area contributed by atoms with Gasteiger partial charge in [-0.3, -0.25) is 24.1 Å². The number of hydrogen-bond donors (Lipinski definition) is 1. The van der Waals surface area contributed by atoms with Crippen molar-refractivity contribution in [1.29, 1.82) is 0 Å². The molecular formula is C35H36F3N3O7. The molecule has 3 amide bonds. The zero-order chi connectivity index (χ0) is 35.4. The van der Waals surface area contributed by atoms with Gasteiger partial charge in [0.2, 0.25) is 11.7 Å². The number of carbonyl (C=O) groups is 4. The number of Topliss-reactive ketones (excluding diaryl/α,β-unsaturated/α-hetero) is 1. The maximum absolute atomic E-state index is 14.9. The molecule has 1 N–H and O–H groups in total. The van der Waals surface area contributed by atoms with Crippen LogP contribution in [0.25, 0.3) is 5.70 Å². The van der Waals surface area contributed by atoms with E-state index in [2.05, 4.69) is 5.32 Å². The fourth-order valence-electron chi connectivity index (χ4n) is 5.82. The summed E-state index contributed by atoms with van der Waals surface area (Å²) in [6.07, 6.45) is -5.08. The number of amides is 3. The number of halogens is 3. The van der Waals surface area contributed by atoms with E-state index in [4.69, 9.17) is 14.2 Å². The van der Waals surface area contributed by atoms with Crippen LogP contribution in [0.5, 0.6) is 17.2 Å². The van der Waals surface area contributed by atoms with Gasteiger partial charge < -0.3 is 24.4 Å². The smallest absolute Gasteiger partial charge is 0.454 e. The van der Waals surface area contributed by atoms with E-state index in [-0.39, 0.29) is 39.6 Å². The summed E-state index contributed by atoms with van der Waals surface area (Å²) in [6.45, 7) is 4.19. The molecule has 4 rings (SSSR count). The Labute approximate surface area is 276 Å². The average molecular weight is 668 g/mol. The molecule has 254 valence electrons. The Kier molecular flexibility index (Phi) is 10.5. The van der Waals surface area contributed by atoms with Crippen molar-refractivity contribution >= 4 is 29.2 Å². The number of nitrogens with one attached hydrogen (secondary N) is 1. The summed E-state index contributed by atoms with van der Waals surface area (Å²) >= 11 is 0. The largest absolute Gasteiger partial charge is 0.493 e. The quantitative estimate of drug-likeness (QED) is 0.298. The summed E-state index contributed by atoms with van der Waals surface area (Å²) in [6, 6.07) is 17.1. The molecule has 1 heterocycles. The van der Waals surface area contributed by atoms with Gasteiger partial charge in [0.25, 0.3) is 17.6 Å². The number of ketones is 1. The van der Waals surface area contributed by atoms with Crippen LogP contribution in [0.2, 0.25) is 0 Å². The van der Waals surface area contributed by atoms with E-state index >= 15 is 0 Å². The fourth-order valence-corrected chi connectivity index (χ4v) is 5.82. The van der Waals surface area contributed by atoms with Gasteiger partial charge in [0, 0.05) is 30.7 Å². The first-order chi connectivity index (χ1) is 22.7. The Bertz CT molecular complexity index is 1690. The first kappa shape index (κ1) is 35.5. The number of methoxy groups -OCH3 is 3. The van der Waals surface area contributed by atoms with Gasteiger partial charge in [-0.25, -0.2) is 0 Å². The average Bonchev–Trinajstić information content (AvgIpc) is 3.06. The highest BCUT2D eigenvalue weighted by Crippen LogP contribution is 2.45. The predicted molar refractivity (Wildman–Crippen MR) is 170 cm³/mol. The summed E-state index contributed by atoms with van der Waals surface area (Å²) < 4.78 is 60.6. The molecule has 0 spiro atoms. The third kappa shape index (κ3) is 6.85. The van der Waals surface area contributed by atoms with E-state index in [1.165, 1.54) is 63.9 Å². The molecule has 3 aromatic carbocycles. The summed E-state index contributed by atoms with van der Waals surface area (Å²) in [5, 5.41) is 2.23. The number of rotatable bonds is 11. The van der Waals surface area contributed by atoms with Gasteiger partial charge in [-0.05, 0) is 35.7 Å². The molecule has 0 aliphatic carbocycles. The third-order valence-corrected chi connectivity index (χ3v) is 7.82. The molecule has 2 atom stereocenters. The van der Waals surface area contributed by atoms with Crippen LogP contribution in [-0.2, 0) is 20.8 Å².